The molecule has 156 valence electrons. The zero-order valence-corrected chi connectivity index (χ0v) is 17.0. The van der Waals surface area contributed by atoms with E-state index >= 15 is 4.39 Å². The van der Waals surface area contributed by atoms with E-state index in [9.17, 15) is 0 Å². The molecule has 5 rings (SSSR count). The van der Waals surface area contributed by atoms with Crippen LogP contribution in [-0.4, -0.2) is 43.2 Å². The van der Waals surface area contributed by atoms with E-state index in [1.165, 1.54) is 12.5 Å². The van der Waals surface area contributed by atoms with Gasteiger partial charge in [-0.3, -0.25) is 15.1 Å². The highest BCUT2D eigenvalue weighted by molar-refractivity contribution is 5.97. The average molecular weight is 424 g/mol. The summed E-state index contributed by atoms with van der Waals surface area (Å²) < 4.78 is 15.6. The molecule has 0 amide bonds. The molecular weight excluding hydrogens is 407 g/mol. The lowest BCUT2D eigenvalue weighted by Gasteiger charge is -2.04. The maximum absolute atomic E-state index is 15.6. The first-order valence-corrected chi connectivity index (χ1v) is 9.75. The van der Waals surface area contributed by atoms with Crippen LogP contribution < -0.4 is 0 Å². The van der Waals surface area contributed by atoms with E-state index in [0.29, 0.717) is 44.7 Å². The van der Waals surface area contributed by atoms with Gasteiger partial charge >= 0.3 is 0 Å². The Labute approximate surface area is 181 Å². The molecule has 0 atom stereocenters. The smallest absolute Gasteiger partial charge is 0.178 e. The van der Waals surface area contributed by atoms with Crippen LogP contribution in [0.15, 0.2) is 65.0 Å². The number of H-pyrrole nitrogens is 2. The Hall–Kier alpha value is -4.53. The van der Waals surface area contributed by atoms with Crippen LogP contribution in [-0.2, 0) is 0 Å². The van der Waals surface area contributed by atoms with Crippen molar-refractivity contribution in [2.75, 3.05) is 0 Å². The molecule has 5 aromatic rings. The highest BCUT2D eigenvalue weighted by Gasteiger charge is 2.20. The lowest BCUT2D eigenvalue weighted by molar-refractivity contribution is 0.636. The summed E-state index contributed by atoms with van der Waals surface area (Å²) in [4.78, 5) is 24.1. The molecule has 0 bridgehead atoms. The van der Waals surface area contributed by atoms with Gasteiger partial charge in [-0.1, -0.05) is 6.07 Å². The molecule has 4 heterocycles. The van der Waals surface area contributed by atoms with Gasteiger partial charge in [0.2, 0.25) is 0 Å². The molecule has 0 aliphatic carbocycles. The van der Waals surface area contributed by atoms with Crippen molar-refractivity contribution in [1.29, 1.82) is 0 Å². The van der Waals surface area contributed by atoms with Crippen molar-refractivity contribution >= 4 is 40.7 Å². The van der Waals surface area contributed by atoms with Crippen molar-refractivity contribution in [3.05, 3.63) is 66.4 Å². The van der Waals surface area contributed by atoms with Crippen LogP contribution in [0.5, 0.6) is 0 Å². The second-order valence-corrected chi connectivity index (χ2v) is 7.04. The minimum atomic E-state index is -0.417. The van der Waals surface area contributed by atoms with Gasteiger partial charge in [-0.15, -0.1) is 0 Å². The molecule has 9 heteroatoms. The van der Waals surface area contributed by atoms with E-state index < -0.39 is 5.82 Å². The summed E-state index contributed by atoms with van der Waals surface area (Å²) in [6.45, 7) is 5.11. The summed E-state index contributed by atoms with van der Waals surface area (Å²) in [5.41, 5.74) is 4.81. The van der Waals surface area contributed by atoms with Gasteiger partial charge < -0.3 is 4.98 Å². The maximum atomic E-state index is 15.6. The zero-order valence-electron chi connectivity index (χ0n) is 17.0. The number of aliphatic imine (C=N–C) groups is 2. The predicted octanol–water partition coefficient (Wildman–Crippen LogP) is 4.79. The first-order chi connectivity index (χ1) is 15.7. The molecule has 0 aliphatic heterocycles. The Balaban J connectivity index is 1.67. The van der Waals surface area contributed by atoms with Gasteiger partial charge in [0.25, 0.3) is 0 Å². The van der Waals surface area contributed by atoms with Gasteiger partial charge in [0.15, 0.2) is 11.5 Å². The first kappa shape index (κ1) is 19.4. The fourth-order valence-corrected chi connectivity index (χ4v) is 3.57. The van der Waals surface area contributed by atoms with Gasteiger partial charge in [0, 0.05) is 29.7 Å². The Morgan fingerprint density at radius 2 is 2.03 bits per heavy atom. The van der Waals surface area contributed by atoms with Crippen LogP contribution in [0.3, 0.4) is 0 Å². The predicted molar refractivity (Wildman–Crippen MR) is 124 cm³/mol. The molecule has 0 radical (unpaired) electrons. The van der Waals surface area contributed by atoms with Crippen molar-refractivity contribution in [3.8, 4) is 22.8 Å². The number of benzene rings is 1. The summed E-state index contributed by atoms with van der Waals surface area (Å²) in [7, 11) is 0. The topological polar surface area (TPSA) is 108 Å². The molecular formula is C23H17FN8. The zero-order chi connectivity index (χ0) is 22.1. The number of imidazole rings is 1. The van der Waals surface area contributed by atoms with E-state index in [1.54, 1.807) is 31.5 Å². The molecule has 1 aromatic carbocycles. The van der Waals surface area contributed by atoms with Crippen LogP contribution >= 0.6 is 0 Å². The van der Waals surface area contributed by atoms with E-state index in [4.69, 9.17) is 0 Å². The Kier molecular flexibility index (Phi) is 4.83. The first-order valence-electron chi connectivity index (χ1n) is 9.75. The molecule has 32 heavy (non-hydrogen) atoms. The van der Waals surface area contributed by atoms with Gasteiger partial charge in [0.1, 0.15) is 17.8 Å². The van der Waals surface area contributed by atoms with E-state index in [2.05, 4.69) is 46.8 Å². The summed E-state index contributed by atoms with van der Waals surface area (Å²) >= 11 is 0. The van der Waals surface area contributed by atoms with Crippen LogP contribution in [0.1, 0.15) is 12.5 Å². The highest BCUT2D eigenvalue weighted by Crippen LogP contribution is 2.33. The molecule has 0 unspecified atom stereocenters. The van der Waals surface area contributed by atoms with Gasteiger partial charge in [0.05, 0.1) is 22.1 Å². The summed E-state index contributed by atoms with van der Waals surface area (Å²) in [5.74, 6) is -0.00572. The lowest BCUT2D eigenvalue weighted by Crippen LogP contribution is -1.90. The van der Waals surface area contributed by atoms with Crippen LogP contribution in [0.25, 0.3) is 50.4 Å². The monoisotopic (exact) mass is 424 g/mol. The van der Waals surface area contributed by atoms with Gasteiger partial charge in [-0.05, 0) is 49.5 Å². The third-order valence-corrected chi connectivity index (χ3v) is 5.07. The average Bonchev–Trinajstić information content (AvgIpc) is 3.44. The molecule has 0 saturated carbocycles. The second-order valence-electron chi connectivity index (χ2n) is 7.04. The number of hydrogen-bond acceptors (Lipinski definition) is 5. The third kappa shape index (κ3) is 3.25. The normalized spacial score (nSPS) is 12.2. The lowest BCUT2D eigenvalue weighted by atomic mass is 10.0. The van der Waals surface area contributed by atoms with Crippen LogP contribution in [0.4, 0.5) is 4.39 Å². The second kappa shape index (κ2) is 7.95. The van der Waals surface area contributed by atoms with Crippen LogP contribution in [0, 0.1) is 5.82 Å². The van der Waals surface area contributed by atoms with Gasteiger partial charge in [-0.25, -0.2) is 19.4 Å². The molecule has 8 nitrogen and oxygen atoms in total. The number of pyridine rings is 2. The molecule has 4 aromatic heterocycles. The number of hydrogen-bond donors (Lipinski definition) is 2. The number of fused-ring (bicyclic) bond motifs is 2. The Bertz CT molecular complexity index is 1510. The Morgan fingerprint density at radius 3 is 2.84 bits per heavy atom. The number of aromatic nitrogens is 6. The molecule has 0 saturated heterocycles. The van der Waals surface area contributed by atoms with Crippen LogP contribution in [0.2, 0.25) is 0 Å². The van der Waals surface area contributed by atoms with Crippen molar-refractivity contribution in [2.45, 2.75) is 6.92 Å². The van der Waals surface area contributed by atoms with Crippen molar-refractivity contribution in [3.63, 3.8) is 0 Å². The summed E-state index contributed by atoms with van der Waals surface area (Å²) in [6, 6.07) is 11.0. The van der Waals surface area contributed by atoms with Gasteiger partial charge in [-0.2, -0.15) is 5.10 Å². The fourth-order valence-electron chi connectivity index (χ4n) is 3.57. The highest BCUT2D eigenvalue weighted by atomic mass is 19.1. The number of halogens is 1. The van der Waals surface area contributed by atoms with Crippen molar-refractivity contribution in [2.24, 2.45) is 9.98 Å². The number of allylic oxidation sites excluding steroid dienone is 1. The summed E-state index contributed by atoms with van der Waals surface area (Å²) in [5, 5.41) is 7.54. The largest absolute Gasteiger partial charge is 0.335 e. The third-order valence-electron chi connectivity index (χ3n) is 5.07. The fraction of sp³-hybridized carbons (Fsp3) is 0.0435. The minimum absolute atomic E-state index is 0.333. The quantitative estimate of drug-likeness (QED) is 0.312. The number of aromatic amines is 2. The minimum Gasteiger partial charge on any atom is -0.335 e. The number of nitrogens with one attached hydrogen (secondary N) is 2. The Morgan fingerprint density at radius 1 is 1.12 bits per heavy atom. The number of nitrogens with zero attached hydrogens (tertiary/aromatic N) is 6. The standard InChI is InChI=1S/C23H17FN8/c1-13(11-26-12-25-2)14-6-7-17-18(19(14)24)21(32-31-17)23-29-20-15(8-10-28-22(20)30-23)16-5-3-4-9-27-16/h3-12H,2H2,1H3,(H,31,32)(H,28,29,30)/b13-11+,26-12?. The van der Waals surface area contributed by atoms with E-state index in [0.717, 1.165) is 11.3 Å². The SMILES string of the molecule is C=NC=N/C=C(\C)c1ccc2[nH]nc(-c3nc4nccc(-c5ccccn5)c4[nH]3)c2c1F. The molecule has 2 N–H and O–H groups in total. The van der Waals surface area contributed by atoms with Crippen molar-refractivity contribution in [1.82, 2.24) is 30.1 Å². The number of rotatable bonds is 5. The van der Waals surface area contributed by atoms with E-state index in [-0.39, 0.29) is 0 Å². The molecule has 0 fully saturated rings. The summed E-state index contributed by atoms with van der Waals surface area (Å²) in [6.07, 6.45) is 6.22. The maximum Gasteiger partial charge on any atom is 0.178 e. The van der Waals surface area contributed by atoms with E-state index in [1.807, 2.05) is 24.3 Å². The van der Waals surface area contributed by atoms with Crippen molar-refractivity contribution < 1.29 is 4.39 Å². The molecule has 0 aliphatic rings. The molecule has 0 spiro atoms.